The van der Waals surface area contributed by atoms with Crippen LogP contribution in [0.1, 0.15) is 24.6 Å². The number of aromatic amines is 1. The van der Waals surface area contributed by atoms with Crippen LogP contribution in [0.3, 0.4) is 0 Å². The molecule has 0 aliphatic heterocycles. The predicted molar refractivity (Wildman–Crippen MR) is 82.8 cm³/mol. The van der Waals surface area contributed by atoms with E-state index < -0.39 is 0 Å². The van der Waals surface area contributed by atoms with E-state index in [4.69, 9.17) is 9.47 Å². The Labute approximate surface area is 125 Å². The van der Waals surface area contributed by atoms with Crippen molar-refractivity contribution in [1.29, 1.82) is 0 Å². The summed E-state index contributed by atoms with van der Waals surface area (Å²) < 4.78 is 11.1. The van der Waals surface area contributed by atoms with Gasteiger partial charge in [0.2, 0.25) is 5.88 Å². The summed E-state index contributed by atoms with van der Waals surface area (Å²) in [4.78, 5) is 0. The fourth-order valence-electron chi connectivity index (χ4n) is 1.89. The monoisotopic (exact) mass is 289 g/mol. The summed E-state index contributed by atoms with van der Waals surface area (Å²) in [5, 5.41) is 10.2. The first-order valence-electron chi connectivity index (χ1n) is 7.35. The summed E-state index contributed by atoms with van der Waals surface area (Å²) >= 11 is 0. The van der Waals surface area contributed by atoms with E-state index in [0.717, 1.165) is 31.0 Å². The van der Waals surface area contributed by atoms with Crippen molar-refractivity contribution in [3.63, 3.8) is 0 Å². The molecule has 0 amide bonds. The van der Waals surface area contributed by atoms with E-state index in [9.17, 15) is 0 Å². The molecule has 2 N–H and O–H groups in total. The highest BCUT2D eigenvalue weighted by atomic mass is 16.5. The van der Waals surface area contributed by atoms with Crippen LogP contribution in [0.15, 0.2) is 30.3 Å². The van der Waals surface area contributed by atoms with E-state index in [1.165, 1.54) is 5.56 Å². The molecule has 0 bridgehead atoms. The summed E-state index contributed by atoms with van der Waals surface area (Å²) in [5.74, 6) is 1.46. The lowest BCUT2D eigenvalue weighted by molar-refractivity contribution is 0.212. The molecule has 5 nitrogen and oxygen atoms in total. The van der Waals surface area contributed by atoms with Crippen LogP contribution in [0, 0.1) is 6.92 Å². The number of ether oxygens (including phenoxy) is 2. The predicted octanol–water partition coefficient (Wildman–Crippen LogP) is 2.68. The Morgan fingerprint density at radius 1 is 1.14 bits per heavy atom. The van der Waals surface area contributed by atoms with E-state index in [1.807, 2.05) is 25.1 Å². The van der Waals surface area contributed by atoms with Crippen molar-refractivity contribution in [3.05, 3.63) is 41.6 Å². The van der Waals surface area contributed by atoms with Gasteiger partial charge in [-0.15, -0.1) is 5.10 Å². The standard InChI is InChI=1S/C16H23N3O2/c1-3-8-17-12-14-4-6-15(7-5-14)20-9-10-21-16-11-13(2)18-19-16/h4-7,11,17H,3,8-10,12H2,1-2H3,(H,18,19). The highest BCUT2D eigenvalue weighted by Crippen LogP contribution is 2.12. The van der Waals surface area contributed by atoms with Gasteiger partial charge in [-0.25, -0.2) is 0 Å². The van der Waals surface area contributed by atoms with Crippen molar-refractivity contribution in [3.8, 4) is 11.6 Å². The highest BCUT2D eigenvalue weighted by molar-refractivity contribution is 5.27. The maximum atomic E-state index is 5.63. The largest absolute Gasteiger partial charge is 0.490 e. The highest BCUT2D eigenvalue weighted by Gasteiger charge is 1.99. The van der Waals surface area contributed by atoms with Gasteiger partial charge in [-0.2, -0.15) is 0 Å². The minimum atomic E-state index is 0.476. The molecule has 2 aromatic rings. The van der Waals surface area contributed by atoms with Crippen molar-refractivity contribution in [1.82, 2.24) is 15.5 Å². The summed E-state index contributed by atoms with van der Waals surface area (Å²) in [6.45, 7) is 7.02. The van der Waals surface area contributed by atoms with Crippen LogP contribution in [0.4, 0.5) is 0 Å². The van der Waals surface area contributed by atoms with Gasteiger partial charge in [0, 0.05) is 18.3 Å². The molecule has 1 aromatic carbocycles. The molecule has 0 fully saturated rings. The molecule has 1 aromatic heterocycles. The second-order valence-electron chi connectivity index (χ2n) is 4.91. The molecule has 0 saturated heterocycles. The molecule has 114 valence electrons. The fourth-order valence-corrected chi connectivity index (χ4v) is 1.89. The number of aromatic nitrogens is 2. The van der Waals surface area contributed by atoms with Gasteiger partial charge < -0.3 is 14.8 Å². The van der Waals surface area contributed by atoms with Crippen LogP contribution in [-0.4, -0.2) is 30.0 Å². The molecule has 5 heteroatoms. The van der Waals surface area contributed by atoms with Gasteiger partial charge in [-0.3, -0.25) is 5.10 Å². The van der Waals surface area contributed by atoms with Crippen molar-refractivity contribution in [2.45, 2.75) is 26.8 Å². The lowest BCUT2D eigenvalue weighted by Gasteiger charge is -2.08. The third kappa shape index (κ3) is 5.47. The van der Waals surface area contributed by atoms with E-state index in [2.05, 4.69) is 34.6 Å². The third-order valence-electron chi connectivity index (χ3n) is 2.96. The van der Waals surface area contributed by atoms with Crippen LogP contribution < -0.4 is 14.8 Å². The Kier molecular flexibility index (Phi) is 6.09. The molecule has 0 aliphatic carbocycles. The number of nitrogens with one attached hydrogen (secondary N) is 2. The normalized spacial score (nSPS) is 10.6. The number of rotatable bonds is 9. The number of aryl methyl sites for hydroxylation is 1. The fraction of sp³-hybridized carbons (Fsp3) is 0.438. The van der Waals surface area contributed by atoms with Crippen molar-refractivity contribution in [2.24, 2.45) is 0 Å². The minimum Gasteiger partial charge on any atom is -0.490 e. The second-order valence-corrected chi connectivity index (χ2v) is 4.91. The van der Waals surface area contributed by atoms with Gasteiger partial charge in [0.1, 0.15) is 19.0 Å². The van der Waals surface area contributed by atoms with Crippen LogP contribution in [0.25, 0.3) is 0 Å². The van der Waals surface area contributed by atoms with Gasteiger partial charge in [-0.05, 0) is 37.6 Å². The maximum absolute atomic E-state index is 5.63. The summed E-state index contributed by atoms with van der Waals surface area (Å²) in [6, 6.07) is 9.99. The Hall–Kier alpha value is -2.01. The average Bonchev–Trinajstić information content (AvgIpc) is 2.91. The molecule has 21 heavy (non-hydrogen) atoms. The van der Waals surface area contributed by atoms with Crippen molar-refractivity contribution >= 4 is 0 Å². The first-order valence-corrected chi connectivity index (χ1v) is 7.35. The molecule has 0 saturated carbocycles. The van der Waals surface area contributed by atoms with Gasteiger partial charge in [0.25, 0.3) is 0 Å². The zero-order chi connectivity index (χ0) is 14.9. The maximum Gasteiger partial charge on any atom is 0.232 e. The first kappa shape index (κ1) is 15.4. The quantitative estimate of drug-likeness (QED) is 0.697. The number of H-pyrrole nitrogens is 1. The molecule has 0 atom stereocenters. The Bertz CT molecular complexity index is 523. The van der Waals surface area contributed by atoms with Crippen LogP contribution in [0.5, 0.6) is 11.6 Å². The van der Waals surface area contributed by atoms with Crippen molar-refractivity contribution in [2.75, 3.05) is 19.8 Å². The number of hydrogen-bond donors (Lipinski definition) is 2. The smallest absolute Gasteiger partial charge is 0.232 e. The second kappa shape index (κ2) is 8.32. The molecule has 0 spiro atoms. The zero-order valence-corrected chi connectivity index (χ0v) is 12.7. The Morgan fingerprint density at radius 3 is 2.57 bits per heavy atom. The van der Waals surface area contributed by atoms with E-state index in [-0.39, 0.29) is 0 Å². The van der Waals surface area contributed by atoms with Gasteiger partial charge >= 0.3 is 0 Å². The minimum absolute atomic E-state index is 0.476. The van der Waals surface area contributed by atoms with Gasteiger partial charge in [0.15, 0.2) is 0 Å². The molecule has 0 aliphatic rings. The van der Waals surface area contributed by atoms with E-state index in [0.29, 0.717) is 19.1 Å². The lowest BCUT2D eigenvalue weighted by Crippen LogP contribution is -2.13. The topological polar surface area (TPSA) is 59.2 Å². The van der Waals surface area contributed by atoms with Crippen LogP contribution >= 0.6 is 0 Å². The lowest BCUT2D eigenvalue weighted by atomic mass is 10.2. The van der Waals surface area contributed by atoms with Crippen LogP contribution in [-0.2, 0) is 6.54 Å². The molecular weight excluding hydrogens is 266 g/mol. The summed E-state index contributed by atoms with van der Waals surface area (Å²) in [5.41, 5.74) is 2.25. The SMILES string of the molecule is CCCNCc1ccc(OCCOc2cc(C)[nH]n2)cc1. The molecule has 1 heterocycles. The molecular formula is C16H23N3O2. The van der Waals surface area contributed by atoms with Crippen molar-refractivity contribution < 1.29 is 9.47 Å². The Morgan fingerprint density at radius 2 is 1.90 bits per heavy atom. The number of hydrogen-bond acceptors (Lipinski definition) is 4. The van der Waals surface area contributed by atoms with Gasteiger partial charge in [-0.1, -0.05) is 19.1 Å². The third-order valence-corrected chi connectivity index (χ3v) is 2.96. The zero-order valence-electron chi connectivity index (χ0n) is 12.7. The summed E-state index contributed by atoms with van der Waals surface area (Å²) in [6.07, 6.45) is 1.15. The molecule has 0 radical (unpaired) electrons. The van der Waals surface area contributed by atoms with E-state index in [1.54, 1.807) is 0 Å². The van der Waals surface area contributed by atoms with Crippen LogP contribution in [0.2, 0.25) is 0 Å². The number of benzene rings is 1. The average molecular weight is 289 g/mol. The van der Waals surface area contributed by atoms with E-state index >= 15 is 0 Å². The van der Waals surface area contributed by atoms with Gasteiger partial charge in [0.05, 0.1) is 0 Å². The molecule has 0 unspecified atom stereocenters. The molecule has 2 rings (SSSR count). The first-order chi connectivity index (χ1) is 10.3. The Balaban J connectivity index is 1.66. The number of nitrogens with zero attached hydrogens (tertiary/aromatic N) is 1. The summed E-state index contributed by atoms with van der Waals surface area (Å²) in [7, 11) is 0.